The molecule has 1 saturated carbocycles. The highest BCUT2D eigenvalue weighted by Crippen LogP contribution is 2.30. The zero-order valence-electron chi connectivity index (χ0n) is 9.98. The maximum atomic E-state index is 11.8. The Kier molecular flexibility index (Phi) is 3.87. The van der Waals surface area contributed by atoms with Crippen LogP contribution in [0.15, 0.2) is 24.3 Å². The summed E-state index contributed by atoms with van der Waals surface area (Å²) >= 11 is 5.74. The minimum absolute atomic E-state index is 0.00391. The number of nitrogens with one attached hydrogen (secondary N) is 1. The van der Waals surface area contributed by atoms with Crippen molar-refractivity contribution in [1.29, 1.82) is 0 Å². The number of hydrogen-bond donors (Lipinski definition) is 1. The van der Waals surface area contributed by atoms with Gasteiger partial charge in [0.15, 0.2) is 6.10 Å². The van der Waals surface area contributed by atoms with Crippen LogP contribution in [0, 0.1) is 5.92 Å². The number of ether oxygens (including phenoxy) is 1. The smallest absolute Gasteiger partial charge is 0.309 e. The van der Waals surface area contributed by atoms with E-state index in [0.29, 0.717) is 10.7 Å². The molecule has 4 nitrogen and oxygen atoms in total. The lowest BCUT2D eigenvalue weighted by atomic mass is 10.3. The maximum Gasteiger partial charge on any atom is 0.309 e. The number of amides is 1. The Balaban J connectivity index is 1.86. The molecule has 1 aliphatic rings. The van der Waals surface area contributed by atoms with Gasteiger partial charge in [0.25, 0.3) is 5.91 Å². The van der Waals surface area contributed by atoms with Crippen molar-refractivity contribution in [1.82, 2.24) is 0 Å². The van der Waals surface area contributed by atoms with Crippen LogP contribution in [-0.2, 0) is 14.3 Å². The van der Waals surface area contributed by atoms with E-state index in [0.717, 1.165) is 12.8 Å². The number of esters is 1. The Morgan fingerprint density at radius 3 is 2.50 bits per heavy atom. The van der Waals surface area contributed by atoms with E-state index in [9.17, 15) is 9.59 Å². The van der Waals surface area contributed by atoms with Crippen molar-refractivity contribution >= 4 is 29.2 Å². The van der Waals surface area contributed by atoms with Crippen molar-refractivity contribution in [3.8, 4) is 0 Å². The first kappa shape index (κ1) is 12.9. The second-order valence-electron chi connectivity index (χ2n) is 4.35. The Hall–Kier alpha value is -1.55. The predicted octanol–water partition coefficient (Wildman–Crippen LogP) is 2.62. The molecule has 1 atom stereocenters. The van der Waals surface area contributed by atoms with Gasteiger partial charge in [-0.1, -0.05) is 11.6 Å². The van der Waals surface area contributed by atoms with Crippen LogP contribution in [0.25, 0.3) is 0 Å². The van der Waals surface area contributed by atoms with Crippen molar-refractivity contribution in [3.63, 3.8) is 0 Å². The summed E-state index contributed by atoms with van der Waals surface area (Å²) in [6.45, 7) is 1.56. The molecule has 0 unspecified atom stereocenters. The minimum atomic E-state index is -0.784. The maximum absolute atomic E-state index is 11.8. The zero-order valence-corrected chi connectivity index (χ0v) is 10.7. The number of carbonyl (C=O) groups is 2. The Morgan fingerprint density at radius 1 is 1.33 bits per heavy atom. The minimum Gasteiger partial charge on any atom is -0.452 e. The zero-order chi connectivity index (χ0) is 13.1. The second-order valence-corrected chi connectivity index (χ2v) is 4.79. The van der Waals surface area contributed by atoms with Crippen molar-refractivity contribution < 1.29 is 14.3 Å². The van der Waals surface area contributed by atoms with E-state index in [-0.39, 0.29) is 17.8 Å². The number of hydrogen-bond acceptors (Lipinski definition) is 3. The van der Waals surface area contributed by atoms with Gasteiger partial charge in [-0.3, -0.25) is 9.59 Å². The molecular formula is C13H14ClNO3. The first-order chi connectivity index (χ1) is 8.56. The molecule has 1 amide bonds. The summed E-state index contributed by atoms with van der Waals surface area (Å²) in [4.78, 5) is 23.2. The third-order valence-electron chi connectivity index (χ3n) is 2.68. The topological polar surface area (TPSA) is 55.4 Å². The molecule has 0 bridgehead atoms. The van der Waals surface area contributed by atoms with Gasteiger partial charge in [0.1, 0.15) is 0 Å². The van der Waals surface area contributed by atoms with Crippen LogP contribution in [-0.4, -0.2) is 18.0 Å². The molecule has 1 aromatic rings. The van der Waals surface area contributed by atoms with Crippen molar-refractivity contribution in [2.45, 2.75) is 25.9 Å². The summed E-state index contributed by atoms with van der Waals surface area (Å²) in [6, 6.07) is 6.74. The van der Waals surface area contributed by atoms with E-state index in [1.807, 2.05) is 0 Å². The van der Waals surface area contributed by atoms with Crippen molar-refractivity contribution in [2.24, 2.45) is 5.92 Å². The van der Waals surface area contributed by atoms with Crippen LogP contribution in [0.5, 0.6) is 0 Å². The number of rotatable bonds is 4. The summed E-state index contributed by atoms with van der Waals surface area (Å²) in [6.07, 6.45) is 0.947. The van der Waals surface area contributed by atoms with E-state index >= 15 is 0 Å². The molecule has 96 valence electrons. The lowest BCUT2D eigenvalue weighted by Crippen LogP contribution is -2.30. The SMILES string of the molecule is C[C@@H](OC(=O)C1CC1)C(=O)Nc1ccc(Cl)cc1. The summed E-state index contributed by atoms with van der Waals surface area (Å²) in [7, 11) is 0. The van der Waals surface area contributed by atoms with E-state index in [1.165, 1.54) is 0 Å². The van der Waals surface area contributed by atoms with E-state index in [2.05, 4.69) is 5.32 Å². The first-order valence-corrected chi connectivity index (χ1v) is 6.21. The fourth-order valence-corrected chi connectivity index (χ4v) is 1.55. The molecule has 0 aliphatic heterocycles. The van der Waals surface area contributed by atoms with Gasteiger partial charge in [0.2, 0.25) is 0 Å². The third kappa shape index (κ3) is 3.47. The molecule has 0 heterocycles. The van der Waals surface area contributed by atoms with Gasteiger partial charge in [0, 0.05) is 10.7 Å². The van der Waals surface area contributed by atoms with Crippen LogP contribution in [0.1, 0.15) is 19.8 Å². The number of halogens is 1. The quantitative estimate of drug-likeness (QED) is 0.853. The molecule has 0 spiro atoms. The van der Waals surface area contributed by atoms with E-state index < -0.39 is 6.10 Å². The monoisotopic (exact) mass is 267 g/mol. The fourth-order valence-electron chi connectivity index (χ4n) is 1.42. The van der Waals surface area contributed by atoms with Gasteiger partial charge < -0.3 is 10.1 Å². The molecular weight excluding hydrogens is 254 g/mol. The van der Waals surface area contributed by atoms with Crippen LogP contribution in [0.3, 0.4) is 0 Å². The summed E-state index contributed by atoms with van der Waals surface area (Å²) in [5.74, 6) is -0.629. The van der Waals surface area contributed by atoms with Gasteiger partial charge >= 0.3 is 5.97 Å². The van der Waals surface area contributed by atoms with Crippen LogP contribution < -0.4 is 5.32 Å². The Labute approximate surface area is 110 Å². The highest BCUT2D eigenvalue weighted by Gasteiger charge is 2.33. The van der Waals surface area contributed by atoms with Gasteiger partial charge in [0.05, 0.1) is 5.92 Å². The molecule has 18 heavy (non-hydrogen) atoms. The fraction of sp³-hybridized carbons (Fsp3) is 0.385. The molecule has 1 N–H and O–H groups in total. The molecule has 5 heteroatoms. The molecule has 1 fully saturated rings. The van der Waals surface area contributed by atoms with E-state index in [4.69, 9.17) is 16.3 Å². The van der Waals surface area contributed by atoms with E-state index in [1.54, 1.807) is 31.2 Å². The predicted molar refractivity (Wildman–Crippen MR) is 68.4 cm³/mol. The highest BCUT2D eigenvalue weighted by molar-refractivity contribution is 6.30. The highest BCUT2D eigenvalue weighted by atomic mass is 35.5. The standard InChI is InChI=1S/C13H14ClNO3/c1-8(18-13(17)9-2-3-9)12(16)15-11-6-4-10(14)5-7-11/h4-9H,2-3H2,1H3,(H,15,16)/t8-/m1/s1. The largest absolute Gasteiger partial charge is 0.452 e. The molecule has 0 radical (unpaired) electrons. The second kappa shape index (κ2) is 5.40. The molecule has 1 aliphatic carbocycles. The first-order valence-electron chi connectivity index (χ1n) is 5.83. The molecule has 1 aromatic carbocycles. The van der Waals surface area contributed by atoms with Gasteiger partial charge in [-0.15, -0.1) is 0 Å². The summed E-state index contributed by atoms with van der Waals surface area (Å²) in [5, 5.41) is 3.26. The van der Waals surface area contributed by atoms with Gasteiger partial charge in [-0.2, -0.15) is 0 Å². The number of anilines is 1. The number of carbonyl (C=O) groups excluding carboxylic acids is 2. The molecule has 0 aromatic heterocycles. The van der Waals surface area contributed by atoms with Crippen molar-refractivity contribution in [2.75, 3.05) is 5.32 Å². The Bertz CT molecular complexity index is 454. The number of benzene rings is 1. The van der Waals surface area contributed by atoms with Crippen LogP contribution >= 0.6 is 11.6 Å². The van der Waals surface area contributed by atoms with Crippen LogP contribution in [0.2, 0.25) is 5.02 Å². The normalized spacial score (nSPS) is 15.9. The molecule has 0 saturated heterocycles. The van der Waals surface area contributed by atoms with Gasteiger partial charge in [-0.05, 0) is 44.0 Å². The summed E-state index contributed by atoms with van der Waals surface area (Å²) < 4.78 is 5.05. The lowest BCUT2D eigenvalue weighted by molar-refractivity contribution is -0.154. The molecule has 2 rings (SSSR count). The van der Waals surface area contributed by atoms with Gasteiger partial charge in [-0.25, -0.2) is 0 Å². The average molecular weight is 268 g/mol. The third-order valence-corrected chi connectivity index (χ3v) is 2.94. The van der Waals surface area contributed by atoms with Crippen LogP contribution in [0.4, 0.5) is 5.69 Å². The summed E-state index contributed by atoms with van der Waals surface area (Å²) in [5.41, 5.74) is 0.624. The Morgan fingerprint density at radius 2 is 1.94 bits per heavy atom. The van der Waals surface area contributed by atoms with Crippen molar-refractivity contribution in [3.05, 3.63) is 29.3 Å². The average Bonchev–Trinajstić information content (AvgIpc) is 3.16. The lowest BCUT2D eigenvalue weighted by Gasteiger charge is -2.13.